The first kappa shape index (κ1) is 22.3. The summed E-state index contributed by atoms with van der Waals surface area (Å²) in [6.07, 6.45) is 2.14. The predicted octanol–water partition coefficient (Wildman–Crippen LogP) is 3.61. The molecule has 34 heavy (non-hydrogen) atoms. The number of morpholine rings is 1. The van der Waals surface area contributed by atoms with Gasteiger partial charge in [0, 0.05) is 61.3 Å². The molecule has 0 aliphatic carbocycles. The average Bonchev–Trinajstić information content (AvgIpc) is 3.26. The Morgan fingerprint density at radius 2 is 1.79 bits per heavy atom. The zero-order chi connectivity index (χ0) is 23.7. The lowest BCUT2D eigenvalue weighted by Crippen LogP contribution is -2.37. The molecule has 0 atom stereocenters. The number of likely N-dealkylation sites (N-methyl/N-ethyl adjacent to an activating group) is 1. The van der Waals surface area contributed by atoms with Crippen LogP contribution in [-0.4, -0.2) is 72.3 Å². The molecule has 1 N–H and O–H groups in total. The molecule has 4 aromatic rings. The summed E-state index contributed by atoms with van der Waals surface area (Å²) in [4.78, 5) is 25.9. The van der Waals surface area contributed by atoms with E-state index in [2.05, 4.69) is 58.2 Å². The number of carbonyl (C=O) groups is 1. The monoisotopic (exact) mass is 458 g/mol. The number of fused-ring (bicyclic) bond motifs is 3. The standard InChI is InChI=1S/C26H30N6O2/c1-18(33)27-20-6-4-19(5-7-20)25-28-24-21-10-11-31(13-12-30(2)3)23(21)9-8-22(24)26(29-25)32-14-16-34-17-15-32/h4-11H,12-17H2,1-3H3,(H,27,33). The second-order valence-electron chi connectivity index (χ2n) is 8.94. The van der Waals surface area contributed by atoms with Crippen LogP contribution in [0.15, 0.2) is 48.7 Å². The topological polar surface area (TPSA) is 75.5 Å². The minimum atomic E-state index is -0.0921. The summed E-state index contributed by atoms with van der Waals surface area (Å²) in [7, 11) is 4.18. The van der Waals surface area contributed by atoms with Crippen LogP contribution < -0.4 is 10.2 Å². The fourth-order valence-electron chi connectivity index (χ4n) is 4.40. The van der Waals surface area contributed by atoms with Gasteiger partial charge in [0.05, 0.1) is 24.2 Å². The maximum Gasteiger partial charge on any atom is 0.221 e. The zero-order valence-electron chi connectivity index (χ0n) is 19.9. The van der Waals surface area contributed by atoms with Crippen molar-refractivity contribution >= 4 is 39.2 Å². The Balaban J connectivity index is 1.64. The first-order valence-corrected chi connectivity index (χ1v) is 11.6. The number of nitrogens with zero attached hydrogens (tertiary/aromatic N) is 5. The van der Waals surface area contributed by atoms with Gasteiger partial charge in [-0.15, -0.1) is 0 Å². The molecule has 1 aliphatic rings. The second-order valence-corrected chi connectivity index (χ2v) is 8.94. The minimum Gasteiger partial charge on any atom is -0.378 e. The van der Waals surface area contributed by atoms with Gasteiger partial charge in [-0.1, -0.05) is 0 Å². The van der Waals surface area contributed by atoms with Crippen molar-refractivity contribution in [3.8, 4) is 11.4 Å². The molecule has 2 aromatic heterocycles. The van der Waals surface area contributed by atoms with Gasteiger partial charge < -0.3 is 24.4 Å². The Kier molecular flexibility index (Phi) is 6.17. The van der Waals surface area contributed by atoms with Gasteiger partial charge in [-0.25, -0.2) is 9.97 Å². The Morgan fingerprint density at radius 1 is 1.03 bits per heavy atom. The molecule has 0 radical (unpaired) electrons. The summed E-state index contributed by atoms with van der Waals surface area (Å²) in [5.74, 6) is 1.53. The van der Waals surface area contributed by atoms with E-state index >= 15 is 0 Å². The van der Waals surface area contributed by atoms with Crippen molar-refractivity contribution < 1.29 is 9.53 Å². The molecule has 0 saturated carbocycles. The molecular formula is C26H30N6O2. The van der Waals surface area contributed by atoms with Gasteiger partial charge >= 0.3 is 0 Å². The molecule has 1 aliphatic heterocycles. The highest BCUT2D eigenvalue weighted by atomic mass is 16.5. The van der Waals surface area contributed by atoms with E-state index in [4.69, 9.17) is 14.7 Å². The Bertz CT molecular complexity index is 1320. The van der Waals surface area contributed by atoms with Crippen LogP contribution in [0.3, 0.4) is 0 Å². The largest absolute Gasteiger partial charge is 0.378 e. The Labute approximate surface area is 199 Å². The fraction of sp³-hybridized carbons (Fsp3) is 0.346. The number of benzene rings is 2. The van der Waals surface area contributed by atoms with E-state index in [0.717, 1.165) is 59.5 Å². The van der Waals surface area contributed by atoms with Crippen molar-refractivity contribution in [3.05, 3.63) is 48.7 Å². The molecule has 0 bridgehead atoms. The van der Waals surface area contributed by atoms with E-state index in [1.165, 1.54) is 12.4 Å². The summed E-state index contributed by atoms with van der Waals surface area (Å²) < 4.78 is 7.87. The van der Waals surface area contributed by atoms with E-state index in [0.29, 0.717) is 19.0 Å². The predicted molar refractivity (Wildman–Crippen MR) is 136 cm³/mol. The summed E-state index contributed by atoms with van der Waals surface area (Å²) in [6, 6.07) is 14.2. The van der Waals surface area contributed by atoms with Crippen LogP contribution in [0, 0.1) is 0 Å². The van der Waals surface area contributed by atoms with E-state index in [1.54, 1.807) is 0 Å². The third-order valence-electron chi connectivity index (χ3n) is 6.16. The number of nitrogens with one attached hydrogen (secondary N) is 1. The van der Waals surface area contributed by atoms with Crippen molar-refractivity contribution in [1.82, 2.24) is 19.4 Å². The number of anilines is 2. The molecule has 8 nitrogen and oxygen atoms in total. The SMILES string of the molecule is CC(=O)Nc1ccc(-c2nc(N3CCOCC3)c3ccc4c(ccn4CCN(C)C)c3n2)cc1. The molecular weight excluding hydrogens is 428 g/mol. The number of ether oxygens (including phenoxy) is 1. The highest BCUT2D eigenvalue weighted by molar-refractivity contribution is 6.08. The van der Waals surface area contributed by atoms with Gasteiger partial charge in [0.2, 0.25) is 5.91 Å². The number of aromatic nitrogens is 3. The van der Waals surface area contributed by atoms with Crippen molar-refractivity contribution in [1.29, 1.82) is 0 Å². The van der Waals surface area contributed by atoms with Crippen molar-refractivity contribution in [2.45, 2.75) is 13.5 Å². The van der Waals surface area contributed by atoms with Crippen LogP contribution in [-0.2, 0) is 16.1 Å². The first-order chi connectivity index (χ1) is 16.5. The van der Waals surface area contributed by atoms with Crippen LogP contribution in [0.2, 0.25) is 0 Å². The summed E-state index contributed by atoms with van der Waals surface area (Å²) in [5, 5.41) is 5.00. The molecule has 1 amide bonds. The summed E-state index contributed by atoms with van der Waals surface area (Å²) in [6.45, 7) is 6.37. The lowest BCUT2D eigenvalue weighted by molar-refractivity contribution is -0.114. The Hall–Kier alpha value is -3.49. The molecule has 0 spiro atoms. The van der Waals surface area contributed by atoms with Crippen LogP contribution in [0.1, 0.15) is 6.92 Å². The van der Waals surface area contributed by atoms with E-state index < -0.39 is 0 Å². The van der Waals surface area contributed by atoms with Crippen molar-refractivity contribution in [2.75, 3.05) is 57.2 Å². The van der Waals surface area contributed by atoms with Gasteiger partial charge in [0.25, 0.3) is 0 Å². The number of carbonyl (C=O) groups excluding carboxylic acids is 1. The summed E-state index contributed by atoms with van der Waals surface area (Å²) >= 11 is 0. The molecule has 8 heteroatoms. The van der Waals surface area contributed by atoms with E-state index in [1.807, 2.05) is 24.3 Å². The molecule has 3 heterocycles. The van der Waals surface area contributed by atoms with Crippen molar-refractivity contribution in [2.24, 2.45) is 0 Å². The average molecular weight is 459 g/mol. The van der Waals surface area contributed by atoms with E-state index in [-0.39, 0.29) is 5.91 Å². The number of hydrogen-bond acceptors (Lipinski definition) is 6. The molecule has 1 fully saturated rings. The maximum atomic E-state index is 11.4. The van der Waals surface area contributed by atoms with Gasteiger partial charge in [-0.2, -0.15) is 0 Å². The van der Waals surface area contributed by atoms with Gasteiger partial charge in [-0.3, -0.25) is 4.79 Å². The summed E-state index contributed by atoms with van der Waals surface area (Å²) in [5.41, 5.74) is 3.80. The Morgan fingerprint density at radius 3 is 2.50 bits per heavy atom. The zero-order valence-corrected chi connectivity index (χ0v) is 19.9. The minimum absolute atomic E-state index is 0.0921. The van der Waals surface area contributed by atoms with Gasteiger partial charge in [0.1, 0.15) is 5.82 Å². The van der Waals surface area contributed by atoms with Crippen LogP contribution >= 0.6 is 0 Å². The normalized spacial score (nSPS) is 14.3. The number of hydrogen-bond donors (Lipinski definition) is 1. The van der Waals surface area contributed by atoms with E-state index in [9.17, 15) is 4.79 Å². The van der Waals surface area contributed by atoms with Crippen LogP contribution in [0.5, 0.6) is 0 Å². The molecule has 0 unspecified atom stereocenters. The third kappa shape index (κ3) is 4.47. The third-order valence-corrected chi connectivity index (χ3v) is 6.16. The molecule has 5 rings (SSSR count). The molecule has 1 saturated heterocycles. The highest BCUT2D eigenvalue weighted by Gasteiger charge is 2.20. The smallest absolute Gasteiger partial charge is 0.221 e. The quantitative estimate of drug-likeness (QED) is 0.476. The lowest BCUT2D eigenvalue weighted by Gasteiger charge is -2.29. The highest BCUT2D eigenvalue weighted by Crippen LogP contribution is 2.33. The molecule has 2 aromatic carbocycles. The molecule has 176 valence electrons. The van der Waals surface area contributed by atoms with Crippen molar-refractivity contribution in [3.63, 3.8) is 0 Å². The first-order valence-electron chi connectivity index (χ1n) is 11.6. The number of rotatable bonds is 6. The fourth-order valence-corrected chi connectivity index (χ4v) is 4.40. The number of amides is 1. The van der Waals surface area contributed by atoms with Gasteiger partial charge in [0.15, 0.2) is 5.82 Å². The second kappa shape index (κ2) is 9.40. The lowest BCUT2D eigenvalue weighted by atomic mass is 10.1. The van der Waals surface area contributed by atoms with Crippen LogP contribution in [0.25, 0.3) is 33.2 Å². The maximum absolute atomic E-state index is 11.4. The van der Waals surface area contributed by atoms with Crippen LogP contribution in [0.4, 0.5) is 11.5 Å². The van der Waals surface area contributed by atoms with Gasteiger partial charge in [-0.05, 0) is 56.6 Å².